The fourth-order valence-electron chi connectivity index (χ4n) is 2.24. The Morgan fingerprint density at radius 2 is 1.94 bits per heavy atom. The molecule has 2 rings (SSSR count). The first-order valence-electron chi connectivity index (χ1n) is 6.57. The average Bonchev–Trinajstić information content (AvgIpc) is 2.78. The number of hydrogen-bond donors (Lipinski definition) is 0. The fourth-order valence-corrected chi connectivity index (χ4v) is 2.24. The lowest BCUT2D eigenvalue weighted by Crippen LogP contribution is -2.08. The summed E-state index contributed by atoms with van der Waals surface area (Å²) in [6, 6.07) is 13.0. The average molecular weight is 240 g/mol. The zero-order valence-electron chi connectivity index (χ0n) is 11.2. The zero-order chi connectivity index (χ0) is 13.0. The van der Waals surface area contributed by atoms with E-state index in [-0.39, 0.29) is 5.41 Å². The van der Waals surface area contributed by atoms with Gasteiger partial charge in [0.05, 0.1) is 11.5 Å². The summed E-state index contributed by atoms with van der Waals surface area (Å²) in [5.74, 6) is 0. The molecule has 2 nitrogen and oxygen atoms in total. The summed E-state index contributed by atoms with van der Waals surface area (Å²) in [6.07, 6.45) is 5.36. The minimum Gasteiger partial charge on any atom is -0.347 e. The number of nitrogens with zero attached hydrogens (tertiary/aromatic N) is 2. The van der Waals surface area contributed by atoms with Gasteiger partial charge >= 0.3 is 0 Å². The Hall–Kier alpha value is -1.75. The smallest absolute Gasteiger partial charge is 0.0683 e. The number of rotatable bonds is 5. The maximum atomic E-state index is 8.96. The van der Waals surface area contributed by atoms with E-state index in [1.165, 1.54) is 10.9 Å². The van der Waals surface area contributed by atoms with Crippen LogP contribution in [-0.4, -0.2) is 4.57 Å². The third kappa shape index (κ3) is 2.92. The molecule has 2 heteroatoms. The molecular weight excluding hydrogens is 220 g/mol. The van der Waals surface area contributed by atoms with Crippen molar-refractivity contribution in [2.75, 3.05) is 0 Å². The van der Waals surface area contributed by atoms with Crippen LogP contribution in [0.25, 0.3) is 10.9 Å². The molecule has 0 unspecified atom stereocenters. The third-order valence-electron chi connectivity index (χ3n) is 3.43. The van der Waals surface area contributed by atoms with Crippen molar-refractivity contribution in [3.8, 4) is 6.07 Å². The summed E-state index contributed by atoms with van der Waals surface area (Å²) in [7, 11) is 0. The second-order valence-electron chi connectivity index (χ2n) is 5.52. The first-order chi connectivity index (χ1) is 8.62. The Bertz CT molecular complexity index is 558. The Labute approximate surface area is 109 Å². The molecule has 0 saturated carbocycles. The summed E-state index contributed by atoms with van der Waals surface area (Å²) in [5.41, 5.74) is 1.12. The van der Waals surface area contributed by atoms with Crippen LogP contribution < -0.4 is 0 Å². The topological polar surface area (TPSA) is 28.7 Å². The molecule has 0 aliphatic rings. The van der Waals surface area contributed by atoms with E-state index in [1.807, 2.05) is 13.8 Å². The van der Waals surface area contributed by atoms with Gasteiger partial charge in [-0.1, -0.05) is 24.6 Å². The molecule has 0 bridgehead atoms. The van der Waals surface area contributed by atoms with Crippen molar-refractivity contribution in [1.82, 2.24) is 4.57 Å². The van der Waals surface area contributed by atoms with Crippen LogP contribution in [0.2, 0.25) is 0 Å². The highest BCUT2D eigenvalue weighted by Gasteiger charge is 2.15. The monoisotopic (exact) mass is 240 g/mol. The van der Waals surface area contributed by atoms with Gasteiger partial charge in [-0.05, 0) is 44.2 Å². The lowest BCUT2D eigenvalue weighted by Gasteiger charge is -2.14. The lowest BCUT2D eigenvalue weighted by atomic mass is 9.89. The van der Waals surface area contributed by atoms with Crippen LogP contribution >= 0.6 is 0 Å². The van der Waals surface area contributed by atoms with E-state index in [0.717, 1.165) is 25.8 Å². The number of nitriles is 1. The van der Waals surface area contributed by atoms with Crippen molar-refractivity contribution in [2.24, 2.45) is 5.41 Å². The predicted octanol–water partition coefficient (Wildman–Crippen LogP) is 4.36. The number of para-hydroxylation sites is 1. The molecule has 1 heterocycles. The quantitative estimate of drug-likeness (QED) is 0.714. The SMILES string of the molecule is CC(C)(C#N)CCCCn1ccc2ccccc21. The van der Waals surface area contributed by atoms with Gasteiger partial charge in [0.15, 0.2) is 0 Å². The largest absolute Gasteiger partial charge is 0.347 e. The molecule has 18 heavy (non-hydrogen) atoms. The van der Waals surface area contributed by atoms with Gasteiger partial charge in [-0.3, -0.25) is 0 Å². The summed E-state index contributed by atoms with van der Waals surface area (Å²) in [5, 5.41) is 10.3. The van der Waals surface area contributed by atoms with Crippen LogP contribution in [0.4, 0.5) is 0 Å². The van der Waals surface area contributed by atoms with Gasteiger partial charge in [0.1, 0.15) is 0 Å². The van der Waals surface area contributed by atoms with Crippen LogP contribution in [-0.2, 0) is 6.54 Å². The summed E-state index contributed by atoms with van der Waals surface area (Å²) in [6.45, 7) is 5.06. The first kappa shape index (κ1) is 12.7. The molecule has 0 aliphatic carbocycles. The van der Waals surface area contributed by atoms with E-state index >= 15 is 0 Å². The van der Waals surface area contributed by atoms with Crippen LogP contribution in [0.3, 0.4) is 0 Å². The molecule has 1 aromatic heterocycles. The number of hydrogen-bond acceptors (Lipinski definition) is 1. The number of aryl methyl sites for hydroxylation is 1. The number of aromatic nitrogens is 1. The number of unbranched alkanes of at least 4 members (excludes halogenated alkanes) is 1. The molecule has 0 saturated heterocycles. The maximum Gasteiger partial charge on any atom is 0.0683 e. The molecule has 94 valence electrons. The van der Waals surface area contributed by atoms with Crippen molar-refractivity contribution in [3.63, 3.8) is 0 Å². The van der Waals surface area contributed by atoms with Crippen LogP contribution in [0.15, 0.2) is 36.5 Å². The summed E-state index contributed by atoms with van der Waals surface area (Å²) in [4.78, 5) is 0. The Balaban J connectivity index is 1.90. The van der Waals surface area contributed by atoms with E-state index in [4.69, 9.17) is 5.26 Å². The predicted molar refractivity (Wildman–Crippen MR) is 75.2 cm³/mol. The van der Waals surface area contributed by atoms with Gasteiger partial charge in [-0.2, -0.15) is 5.26 Å². The molecule has 0 radical (unpaired) electrons. The third-order valence-corrected chi connectivity index (χ3v) is 3.43. The van der Waals surface area contributed by atoms with Gasteiger partial charge in [0.2, 0.25) is 0 Å². The molecule has 0 N–H and O–H groups in total. The molecule has 2 aromatic rings. The molecule has 0 spiro atoms. The van der Waals surface area contributed by atoms with Gasteiger partial charge in [-0.25, -0.2) is 0 Å². The van der Waals surface area contributed by atoms with Crippen LogP contribution in [0.5, 0.6) is 0 Å². The van der Waals surface area contributed by atoms with Gasteiger partial charge in [0.25, 0.3) is 0 Å². The lowest BCUT2D eigenvalue weighted by molar-refractivity contribution is 0.418. The van der Waals surface area contributed by atoms with Gasteiger partial charge in [-0.15, -0.1) is 0 Å². The standard InChI is InChI=1S/C16H20N2/c1-16(2,13-17)10-5-6-11-18-12-9-14-7-3-4-8-15(14)18/h3-4,7-9,12H,5-6,10-11H2,1-2H3. The van der Waals surface area contributed by atoms with Crippen molar-refractivity contribution in [3.05, 3.63) is 36.5 Å². The summed E-state index contributed by atoms with van der Waals surface area (Å²) >= 11 is 0. The molecule has 0 amide bonds. The van der Waals surface area contributed by atoms with Crippen LogP contribution in [0, 0.1) is 16.7 Å². The highest BCUT2D eigenvalue weighted by Crippen LogP contribution is 2.22. The second-order valence-corrected chi connectivity index (χ2v) is 5.52. The fraction of sp³-hybridized carbons (Fsp3) is 0.438. The molecule has 0 atom stereocenters. The zero-order valence-corrected chi connectivity index (χ0v) is 11.2. The molecule has 0 fully saturated rings. The summed E-state index contributed by atoms with van der Waals surface area (Å²) < 4.78 is 2.30. The minimum atomic E-state index is -0.182. The van der Waals surface area contributed by atoms with E-state index < -0.39 is 0 Å². The van der Waals surface area contributed by atoms with E-state index in [2.05, 4.69) is 47.2 Å². The Morgan fingerprint density at radius 3 is 2.72 bits per heavy atom. The highest BCUT2D eigenvalue weighted by atomic mass is 14.9. The highest BCUT2D eigenvalue weighted by molar-refractivity contribution is 5.79. The Kier molecular flexibility index (Phi) is 3.72. The second kappa shape index (κ2) is 5.27. The van der Waals surface area contributed by atoms with E-state index in [1.54, 1.807) is 0 Å². The molecule has 0 aliphatic heterocycles. The van der Waals surface area contributed by atoms with Crippen molar-refractivity contribution in [1.29, 1.82) is 5.26 Å². The van der Waals surface area contributed by atoms with Gasteiger partial charge in [0, 0.05) is 18.3 Å². The minimum absolute atomic E-state index is 0.182. The molecule has 1 aromatic carbocycles. The van der Waals surface area contributed by atoms with Crippen molar-refractivity contribution >= 4 is 10.9 Å². The van der Waals surface area contributed by atoms with Crippen molar-refractivity contribution < 1.29 is 0 Å². The van der Waals surface area contributed by atoms with E-state index in [9.17, 15) is 0 Å². The molecular formula is C16H20N2. The van der Waals surface area contributed by atoms with Crippen molar-refractivity contribution in [2.45, 2.75) is 39.7 Å². The number of fused-ring (bicyclic) bond motifs is 1. The number of benzene rings is 1. The van der Waals surface area contributed by atoms with E-state index in [0.29, 0.717) is 0 Å². The normalized spacial score (nSPS) is 11.6. The van der Waals surface area contributed by atoms with Crippen LogP contribution in [0.1, 0.15) is 33.1 Å². The Morgan fingerprint density at radius 1 is 1.17 bits per heavy atom. The van der Waals surface area contributed by atoms with Gasteiger partial charge < -0.3 is 4.57 Å². The maximum absolute atomic E-state index is 8.96. The first-order valence-corrected chi connectivity index (χ1v) is 6.57.